The van der Waals surface area contributed by atoms with E-state index in [0.717, 1.165) is 21.9 Å². The summed E-state index contributed by atoms with van der Waals surface area (Å²) in [5.41, 5.74) is 0.980. The summed E-state index contributed by atoms with van der Waals surface area (Å²) in [6.07, 6.45) is 3.38. The molecule has 0 saturated carbocycles. The van der Waals surface area contributed by atoms with Crippen LogP contribution in [0.5, 0.6) is 11.5 Å². The van der Waals surface area contributed by atoms with Crippen molar-refractivity contribution in [3.63, 3.8) is 0 Å². The van der Waals surface area contributed by atoms with E-state index in [0.29, 0.717) is 6.54 Å². The molecule has 1 N–H and O–H groups in total. The predicted molar refractivity (Wildman–Crippen MR) is 82.5 cm³/mol. The second-order valence-electron chi connectivity index (χ2n) is 4.69. The van der Waals surface area contributed by atoms with Crippen LogP contribution in [0, 0.1) is 6.92 Å². The monoisotopic (exact) mass is 301 g/mol. The molecule has 0 unspecified atom stereocenters. The van der Waals surface area contributed by atoms with Crippen LogP contribution in [0.4, 0.5) is 0 Å². The van der Waals surface area contributed by atoms with Gasteiger partial charge in [-0.15, -0.1) is 11.3 Å². The van der Waals surface area contributed by atoms with Crippen molar-refractivity contribution >= 4 is 23.3 Å². The maximum Gasteiger partial charge on any atom is 0.244 e. The number of carbonyl (C=O) groups is 1. The Morgan fingerprint density at radius 2 is 2.14 bits per heavy atom. The summed E-state index contributed by atoms with van der Waals surface area (Å²) < 4.78 is 10.6. The molecule has 108 valence electrons. The first kappa shape index (κ1) is 13.7. The van der Waals surface area contributed by atoms with E-state index in [2.05, 4.69) is 5.32 Å². The Hall–Kier alpha value is -2.27. The highest BCUT2D eigenvalue weighted by atomic mass is 32.1. The minimum absolute atomic E-state index is 0.112. The van der Waals surface area contributed by atoms with Crippen molar-refractivity contribution in [1.29, 1.82) is 0 Å². The molecule has 0 bridgehead atoms. The first-order valence-electron chi connectivity index (χ1n) is 6.61. The molecule has 5 heteroatoms. The Labute approximate surface area is 127 Å². The number of hydrogen-bond acceptors (Lipinski definition) is 4. The van der Waals surface area contributed by atoms with Crippen molar-refractivity contribution in [2.24, 2.45) is 0 Å². The van der Waals surface area contributed by atoms with Crippen LogP contribution >= 0.6 is 11.3 Å². The summed E-state index contributed by atoms with van der Waals surface area (Å²) in [7, 11) is 0. The van der Waals surface area contributed by atoms with Crippen molar-refractivity contribution in [2.75, 3.05) is 6.79 Å². The van der Waals surface area contributed by atoms with Gasteiger partial charge in [-0.05, 0) is 42.8 Å². The molecule has 1 aromatic heterocycles. The molecule has 0 spiro atoms. The summed E-state index contributed by atoms with van der Waals surface area (Å²) in [6.45, 7) is 2.76. The third-order valence-electron chi connectivity index (χ3n) is 3.06. The summed E-state index contributed by atoms with van der Waals surface area (Å²) in [6, 6.07) is 9.69. The van der Waals surface area contributed by atoms with Gasteiger partial charge in [0.05, 0.1) is 0 Å². The number of aryl methyl sites for hydroxylation is 1. The molecule has 1 aliphatic rings. The molecule has 3 rings (SSSR count). The molecule has 0 atom stereocenters. The average molecular weight is 301 g/mol. The number of ether oxygens (including phenoxy) is 2. The molecule has 1 amide bonds. The molecule has 0 aliphatic carbocycles. The van der Waals surface area contributed by atoms with Crippen molar-refractivity contribution in [1.82, 2.24) is 5.32 Å². The number of thiophene rings is 1. The van der Waals surface area contributed by atoms with E-state index in [1.165, 1.54) is 4.88 Å². The molecule has 2 heterocycles. The third kappa shape index (κ3) is 3.44. The fraction of sp³-hybridized carbons (Fsp3) is 0.188. The minimum Gasteiger partial charge on any atom is -0.454 e. The average Bonchev–Trinajstić information content (AvgIpc) is 3.10. The van der Waals surface area contributed by atoms with Crippen LogP contribution in [0.15, 0.2) is 36.4 Å². The lowest BCUT2D eigenvalue weighted by atomic mass is 10.2. The van der Waals surface area contributed by atoms with Crippen molar-refractivity contribution < 1.29 is 14.3 Å². The van der Waals surface area contributed by atoms with Crippen LogP contribution < -0.4 is 14.8 Å². The molecular formula is C16H15NO3S. The van der Waals surface area contributed by atoms with Crippen LogP contribution in [0.1, 0.15) is 15.3 Å². The number of hydrogen-bond donors (Lipinski definition) is 1. The van der Waals surface area contributed by atoms with Gasteiger partial charge in [-0.2, -0.15) is 0 Å². The number of benzene rings is 1. The van der Waals surface area contributed by atoms with Crippen molar-refractivity contribution in [3.05, 3.63) is 51.7 Å². The summed E-state index contributed by atoms with van der Waals surface area (Å²) in [4.78, 5) is 14.1. The van der Waals surface area contributed by atoms with Gasteiger partial charge in [0.1, 0.15) is 0 Å². The summed E-state index contributed by atoms with van der Waals surface area (Å²) >= 11 is 1.66. The number of rotatable bonds is 4. The molecule has 0 radical (unpaired) electrons. The van der Waals surface area contributed by atoms with E-state index in [9.17, 15) is 4.79 Å². The lowest BCUT2D eigenvalue weighted by Gasteiger charge is -2.03. The third-order valence-corrected chi connectivity index (χ3v) is 4.03. The Balaban J connectivity index is 1.55. The quantitative estimate of drug-likeness (QED) is 0.883. The standard InChI is InChI=1S/C16H15NO3S/c1-11-2-4-13(21-11)5-7-16(18)17-9-12-3-6-14-15(8-12)20-10-19-14/h2-8H,9-10H2,1H3,(H,17,18)/b7-5+. The topological polar surface area (TPSA) is 47.6 Å². The Bertz CT molecular complexity index is 691. The van der Waals surface area contributed by atoms with Gasteiger partial charge in [0, 0.05) is 22.4 Å². The molecule has 21 heavy (non-hydrogen) atoms. The van der Waals surface area contributed by atoms with Gasteiger partial charge in [0.15, 0.2) is 11.5 Å². The predicted octanol–water partition coefficient (Wildman–Crippen LogP) is 3.11. The van der Waals surface area contributed by atoms with E-state index >= 15 is 0 Å². The Morgan fingerprint density at radius 3 is 2.95 bits per heavy atom. The lowest BCUT2D eigenvalue weighted by Crippen LogP contribution is -2.20. The molecular weight excluding hydrogens is 286 g/mol. The number of fused-ring (bicyclic) bond motifs is 1. The first-order valence-corrected chi connectivity index (χ1v) is 7.43. The van der Waals surface area contributed by atoms with Gasteiger partial charge in [0.25, 0.3) is 0 Å². The van der Waals surface area contributed by atoms with Gasteiger partial charge in [-0.25, -0.2) is 0 Å². The highest BCUT2D eigenvalue weighted by Crippen LogP contribution is 2.32. The van der Waals surface area contributed by atoms with Crippen LogP contribution in [-0.2, 0) is 11.3 Å². The van der Waals surface area contributed by atoms with E-state index in [4.69, 9.17) is 9.47 Å². The van der Waals surface area contributed by atoms with E-state index in [1.807, 2.05) is 43.3 Å². The van der Waals surface area contributed by atoms with E-state index in [1.54, 1.807) is 17.4 Å². The zero-order valence-electron chi connectivity index (χ0n) is 11.6. The van der Waals surface area contributed by atoms with E-state index in [-0.39, 0.29) is 12.7 Å². The number of nitrogens with one attached hydrogen (secondary N) is 1. The number of amides is 1. The SMILES string of the molecule is Cc1ccc(/C=C/C(=O)NCc2ccc3c(c2)OCO3)s1. The fourth-order valence-corrected chi connectivity index (χ4v) is 2.78. The molecule has 4 nitrogen and oxygen atoms in total. The van der Waals surface area contributed by atoms with Crippen LogP contribution in [0.3, 0.4) is 0 Å². The fourth-order valence-electron chi connectivity index (χ4n) is 2.00. The maximum atomic E-state index is 11.8. The molecule has 0 fully saturated rings. The van der Waals surface area contributed by atoms with Gasteiger partial charge in [-0.1, -0.05) is 6.07 Å². The Kier molecular flexibility index (Phi) is 3.92. The van der Waals surface area contributed by atoms with Crippen LogP contribution in [-0.4, -0.2) is 12.7 Å². The smallest absolute Gasteiger partial charge is 0.244 e. The highest BCUT2D eigenvalue weighted by molar-refractivity contribution is 7.12. The molecule has 1 aromatic carbocycles. The minimum atomic E-state index is -0.112. The highest BCUT2D eigenvalue weighted by Gasteiger charge is 2.13. The molecule has 1 aliphatic heterocycles. The van der Waals surface area contributed by atoms with E-state index < -0.39 is 0 Å². The zero-order chi connectivity index (χ0) is 14.7. The van der Waals surface area contributed by atoms with Crippen LogP contribution in [0.2, 0.25) is 0 Å². The molecule has 0 saturated heterocycles. The summed E-state index contributed by atoms with van der Waals surface area (Å²) in [5, 5.41) is 2.85. The maximum absolute atomic E-state index is 11.8. The van der Waals surface area contributed by atoms with Crippen molar-refractivity contribution in [2.45, 2.75) is 13.5 Å². The normalized spacial score (nSPS) is 12.8. The van der Waals surface area contributed by atoms with Gasteiger partial charge >= 0.3 is 0 Å². The first-order chi connectivity index (χ1) is 10.2. The number of carbonyl (C=O) groups excluding carboxylic acids is 1. The van der Waals surface area contributed by atoms with Gasteiger partial charge < -0.3 is 14.8 Å². The van der Waals surface area contributed by atoms with Gasteiger partial charge in [0.2, 0.25) is 12.7 Å². The Morgan fingerprint density at radius 1 is 1.29 bits per heavy atom. The lowest BCUT2D eigenvalue weighted by molar-refractivity contribution is -0.116. The van der Waals surface area contributed by atoms with Crippen molar-refractivity contribution in [3.8, 4) is 11.5 Å². The second kappa shape index (κ2) is 6.01. The van der Waals surface area contributed by atoms with Crippen LogP contribution in [0.25, 0.3) is 6.08 Å². The summed E-state index contributed by atoms with van der Waals surface area (Å²) in [5.74, 6) is 1.36. The molecule has 2 aromatic rings. The second-order valence-corrected chi connectivity index (χ2v) is 6.01. The van der Waals surface area contributed by atoms with Gasteiger partial charge in [-0.3, -0.25) is 4.79 Å². The largest absolute Gasteiger partial charge is 0.454 e. The zero-order valence-corrected chi connectivity index (χ0v) is 12.4.